The fraction of sp³-hybridized carbons (Fsp3) is 0.446. The van der Waals surface area contributed by atoms with Crippen molar-refractivity contribution in [2.75, 3.05) is 0 Å². The molecule has 0 unspecified atom stereocenters. The molecule has 0 atom stereocenters. The van der Waals surface area contributed by atoms with Crippen molar-refractivity contribution in [3.63, 3.8) is 0 Å². The Morgan fingerprint density at radius 1 is 0.408 bits per heavy atom. The molecular weight excluding hydrogens is 1790 g/mol. The number of hydrogen-bond donors (Lipinski definition) is 0. The van der Waals surface area contributed by atoms with Gasteiger partial charge in [0.2, 0.25) is 0 Å². The van der Waals surface area contributed by atoms with Gasteiger partial charge < -0.3 is 13.7 Å². The van der Waals surface area contributed by atoms with Gasteiger partial charge in [0.25, 0.3) is 0 Å². The maximum Gasteiger partial charge on any atom is 0.0559 e. The van der Waals surface area contributed by atoms with Gasteiger partial charge in [0, 0.05) is 141 Å². The second-order valence-electron chi connectivity index (χ2n) is 25.9. The molecule has 4 aromatic carbocycles. The zero-order chi connectivity index (χ0) is 72.5. The van der Waals surface area contributed by atoms with Crippen LogP contribution in [0, 0.1) is 25.1 Å². The standard InChI is InChI=1S/C25H31N2.2C20H33N.C14H17N2.C13H15N2.3Ir/c1-4-6-7-8-10-20-11-13-21(14-12-20)22-15-17-23(18-16-22)25-26-24(9-5-2)19-27(25)3;2*1-4-6-7-8-9-10-11-12-13-14-15-16-17-19-21-20(3)18-5-2;1-4-6-13-10-16(3)14(15-13)12-8-5-7-11(2)9-12;1-3-7-12-10-15(2)13(14-12)11-8-5-4-6-9-11;;;/h11-17,19H,4-10H2,1-3H3;2*11-12,14-17,19H,3-10,13,18H2,1-2H3;5,7,9-10H,4,6H2,1-3H3;4-6,8,10H,3,7H2,1-2H3;;;/q-1;;;2*-1;;;/b;2*12-11-,15-14+,17-16+,21-19?;;;;;. The summed E-state index contributed by atoms with van der Waals surface area (Å²) >= 11 is 0. The van der Waals surface area contributed by atoms with Crippen molar-refractivity contribution in [3.8, 4) is 45.3 Å². The largest absolute Gasteiger partial charge is 0.373 e. The first-order valence-corrected chi connectivity index (χ1v) is 38.4. The average Bonchev–Trinajstić information content (AvgIpc) is 1.78. The molecule has 0 aliphatic rings. The SMILES string of the molecule is C=C(CCC)N=C/C=C/C=C/C/C=C\CCCCCCC.C=C(CCC)N=C/C=C/C=C/C/C=C\CCCCCCC.CCCCCCc1ccc(-c2c[c-]c(-c3nc(CCC)cn3C)cc2)cc1.CCCc1cn(C)c(-c2[c-]ccc(C)c2)n1.CCCc1cn(C)c(-c2[c-]cccc2)n1.[Ir].[Ir].[Ir]. The topological polar surface area (TPSA) is 78.2 Å². The van der Waals surface area contributed by atoms with E-state index in [-0.39, 0.29) is 60.3 Å². The number of benzene rings is 4. The van der Waals surface area contributed by atoms with Gasteiger partial charge in [-0.15, -0.1) is 101 Å². The Morgan fingerprint density at radius 2 is 0.845 bits per heavy atom. The molecule has 0 fully saturated rings. The van der Waals surface area contributed by atoms with Gasteiger partial charge in [-0.25, -0.2) is 0 Å². The summed E-state index contributed by atoms with van der Waals surface area (Å²) in [6.07, 6.45) is 70.6. The van der Waals surface area contributed by atoms with Crippen molar-refractivity contribution in [1.29, 1.82) is 0 Å². The van der Waals surface area contributed by atoms with Crippen molar-refractivity contribution in [1.82, 2.24) is 28.7 Å². The van der Waals surface area contributed by atoms with Gasteiger partial charge in [-0.1, -0.05) is 274 Å². The summed E-state index contributed by atoms with van der Waals surface area (Å²) < 4.78 is 6.25. The minimum atomic E-state index is 0. The molecular formula is C92H129Ir3N8-3. The van der Waals surface area contributed by atoms with Crippen LogP contribution in [0.4, 0.5) is 0 Å². The number of nitrogens with zero attached hydrogens (tertiary/aromatic N) is 8. The first-order valence-electron chi connectivity index (χ1n) is 38.4. The number of unbranched alkanes of at least 4 members (excludes halogenated alkanes) is 13. The van der Waals surface area contributed by atoms with Gasteiger partial charge >= 0.3 is 0 Å². The fourth-order valence-corrected chi connectivity index (χ4v) is 10.9. The van der Waals surface area contributed by atoms with Gasteiger partial charge in [-0.2, -0.15) is 0 Å². The number of aryl methyl sites for hydroxylation is 8. The van der Waals surface area contributed by atoms with Gasteiger partial charge in [0.05, 0.1) is 17.5 Å². The molecule has 567 valence electrons. The van der Waals surface area contributed by atoms with E-state index in [4.69, 9.17) is 4.98 Å². The molecule has 3 heterocycles. The van der Waals surface area contributed by atoms with Crippen LogP contribution in [-0.4, -0.2) is 41.1 Å². The van der Waals surface area contributed by atoms with E-state index in [0.29, 0.717) is 0 Å². The van der Waals surface area contributed by atoms with Crippen molar-refractivity contribution in [2.45, 2.75) is 249 Å². The predicted octanol–water partition coefficient (Wildman–Crippen LogP) is 26.2. The van der Waals surface area contributed by atoms with Crippen LogP contribution in [0.15, 0.2) is 211 Å². The predicted molar refractivity (Wildman–Crippen MR) is 438 cm³/mol. The fourth-order valence-electron chi connectivity index (χ4n) is 10.9. The molecule has 0 saturated heterocycles. The number of allylic oxidation sites excluding steroid dienone is 14. The van der Waals surface area contributed by atoms with Crippen LogP contribution in [0.25, 0.3) is 45.3 Å². The first-order chi connectivity index (χ1) is 48.8. The molecule has 11 heteroatoms. The minimum Gasteiger partial charge on any atom is -0.373 e. The van der Waals surface area contributed by atoms with E-state index in [1.807, 2.05) is 81.2 Å². The molecule has 0 aliphatic heterocycles. The van der Waals surface area contributed by atoms with Crippen molar-refractivity contribution < 1.29 is 60.3 Å². The minimum absolute atomic E-state index is 0. The Morgan fingerprint density at radius 3 is 1.26 bits per heavy atom. The van der Waals surface area contributed by atoms with Crippen LogP contribution >= 0.6 is 0 Å². The molecule has 7 aromatic rings. The van der Waals surface area contributed by atoms with Gasteiger partial charge in [-0.3, -0.25) is 24.9 Å². The van der Waals surface area contributed by atoms with Crippen LogP contribution in [0.5, 0.6) is 0 Å². The van der Waals surface area contributed by atoms with Crippen molar-refractivity contribution in [2.24, 2.45) is 31.1 Å². The monoisotopic (exact) mass is 1920 g/mol. The number of imidazole rings is 3. The third kappa shape index (κ3) is 45.0. The Hall–Kier alpha value is -6.28. The zero-order valence-electron chi connectivity index (χ0n) is 65.4. The maximum atomic E-state index is 4.76. The molecule has 103 heavy (non-hydrogen) atoms. The molecule has 0 spiro atoms. The van der Waals surface area contributed by atoms with Gasteiger partial charge in [0.1, 0.15) is 0 Å². The summed E-state index contributed by atoms with van der Waals surface area (Å²) in [7, 11) is 6.13. The number of aromatic nitrogens is 6. The maximum absolute atomic E-state index is 4.76. The molecule has 0 aliphatic carbocycles. The smallest absolute Gasteiger partial charge is 0.0559 e. The summed E-state index contributed by atoms with van der Waals surface area (Å²) in [5, 5.41) is 0. The van der Waals surface area contributed by atoms with Crippen LogP contribution in [0.2, 0.25) is 0 Å². The van der Waals surface area contributed by atoms with E-state index in [2.05, 4.69) is 256 Å². The Bertz CT molecular complexity index is 3430. The van der Waals surface area contributed by atoms with E-state index in [9.17, 15) is 0 Å². The summed E-state index contributed by atoms with van der Waals surface area (Å²) in [5.74, 6) is 3.00. The van der Waals surface area contributed by atoms with E-state index in [1.54, 1.807) is 0 Å². The number of rotatable bonds is 41. The number of hydrogen-bond acceptors (Lipinski definition) is 5. The first kappa shape index (κ1) is 96.7. The van der Waals surface area contributed by atoms with Crippen LogP contribution in [-0.2, 0) is 107 Å². The van der Waals surface area contributed by atoms with Crippen molar-refractivity contribution in [3.05, 3.63) is 247 Å². The van der Waals surface area contributed by atoms with Crippen LogP contribution in [0.1, 0.15) is 244 Å². The molecule has 0 saturated carbocycles. The van der Waals surface area contributed by atoms with Gasteiger partial charge in [0.15, 0.2) is 0 Å². The Balaban J connectivity index is 0.00000127. The van der Waals surface area contributed by atoms with E-state index < -0.39 is 0 Å². The number of aliphatic imine (C=N–C) groups is 2. The third-order valence-electron chi connectivity index (χ3n) is 16.4. The molecule has 0 N–H and O–H groups in total. The van der Waals surface area contributed by atoms with Crippen LogP contribution in [0.3, 0.4) is 0 Å². The summed E-state index contributed by atoms with van der Waals surface area (Å²) in [5.41, 5.74) is 13.7. The molecule has 7 rings (SSSR count). The molecule has 0 bridgehead atoms. The second kappa shape index (κ2) is 64.1. The molecule has 3 aromatic heterocycles. The third-order valence-corrected chi connectivity index (χ3v) is 16.4. The quantitative estimate of drug-likeness (QED) is 0.0126. The summed E-state index contributed by atoms with van der Waals surface area (Å²) in [4.78, 5) is 22.5. The molecule has 8 nitrogen and oxygen atoms in total. The Labute approximate surface area is 668 Å². The van der Waals surface area contributed by atoms with Crippen LogP contribution < -0.4 is 0 Å². The van der Waals surface area contributed by atoms with E-state index in [1.165, 1.54) is 131 Å². The summed E-state index contributed by atoms with van der Waals surface area (Å²) in [6.45, 7) is 27.4. The van der Waals surface area contributed by atoms with E-state index >= 15 is 0 Å². The average molecular weight is 1920 g/mol. The summed E-state index contributed by atoms with van der Waals surface area (Å²) in [6, 6.07) is 39.3. The van der Waals surface area contributed by atoms with Crippen molar-refractivity contribution >= 4 is 12.4 Å². The molecule has 0 amide bonds. The zero-order valence-corrected chi connectivity index (χ0v) is 72.6. The Kier molecular flexibility index (Phi) is 60.2. The van der Waals surface area contributed by atoms with E-state index in [0.717, 1.165) is 140 Å². The normalized spacial score (nSPS) is 11.2. The molecule has 3 radical (unpaired) electrons. The second-order valence-corrected chi connectivity index (χ2v) is 25.9. The van der Waals surface area contributed by atoms with Gasteiger partial charge in [-0.05, 0) is 101 Å².